The molecule has 8 nitrogen and oxygen atoms in total. The van der Waals surface area contributed by atoms with Gasteiger partial charge in [-0.1, -0.05) is 18.2 Å². The maximum atomic E-state index is 12.5. The molecule has 1 heterocycles. The van der Waals surface area contributed by atoms with Crippen molar-refractivity contribution in [2.24, 2.45) is 0 Å². The van der Waals surface area contributed by atoms with Crippen molar-refractivity contribution in [1.29, 1.82) is 0 Å². The Hall–Kier alpha value is -2.26. The van der Waals surface area contributed by atoms with E-state index >= 15 is 0 Å². The monoisotopic (exact) mass is 325 g/mol. The SMILES string of the molecule is CNC(=O)/C=C/[C@@H]1[C@H](C)N1S(=O)(=O)c1ccccc1[N+](=O)[O-]. The number of benzene rings is 1. The predicted octanol–water partition coefficient (Wildman–Crippen LogP) is 0.658. The van der Waals surface area contributed by atoms with Gasteiger partial charge in [-0.3, -0.25) is 14.9 Å². The van der Waals surface area contributed by atoms with Crippen LogP contribution in [0.25, 0.3) is 0 Å². The van der Waals surface area contributed by atoms with E-state index in [0.29, 0.717) is 0 Å². The summed E-state index contributed by atoms with van der Waals surface area (Å²) in [7, 11) is -2.52. The molecule has 0 radical (unpaired) electrons. The number of likely N-dealkylation sites (N-methyl/N-ethyl adjacent to an activating group) is 1. The van der Waals surface area contributed by atoms with Crippen molar-refractivity contribution in [3.05, 3.63) is 46.5 Å². The molecule has 1 aliphatic rings. The largest absolute Gasteiger partial charge is 0.356 e. The first kappa shape index (κ1) is 16.1. The molecule has 1 N–H and O–H groups in total. The van der Waals surface area contributed by atoms with Gasteiger partial charge in [0, 0.05) is 25.2 Å². The Labute approximate surface area is 127 Å². The van der Waals surface area contributed by atoms with Crippen LogP contribution in [0.5, 0.6) is 0 Å². The Morgan fingerprint density at radius 2 is 2.05 bits per heavy atom. The Balaban J connectivity index is 2.32. The van der Waals surface area contributed by atoms with E-state index < -0.39 is 26.7 Å². The van der Waals surface area contributed by atoms with Crippen LogP contribution in [0.15, 0.2) is 41.3 Å². The highest BCUT2D eigenvalue weighted by Gasteiger charge is 2.52. The van der Waals surface area contributed by atoms with E-state index in [4.69, 9.17) is 0 Å². The van der Waals surface area contributed by atoms with Crippen molar-refractivity contribution < 1.29 is 18.1 Å². The zero-order chi connectivity index (χ0) is 16.5. The van der Waals surface area contributed by atoms with E-state index in [-0.39, 0.29) is 16.8 Å². The van der Waals surface area contributed by atoms with Gasteiger partial charge in [0.15, 0.2) is 4.90 Å². The third-order valence-corrected chi connectivity index (χ3v) is 5.44. The molecule has 1 aromatic rings. The molecule has 1 fully saturated rings. The van der Waals surface area contributed by atoms with Gasteiger partial charge < -0.3 is 5.32 Å². The molecule has 1 aromatic carbocycles. The smallest absolute Gasteiger partial charge is 0.289 e. The molecule has 118 valence electrons. The summed E-state index contributed by atoms with van der Waals surface area (Å²) in [5.41, 5.74) is -0.462. The van der Waals surface area contributed by atoms with Crippen molar-refractivity contribution >= 4 is 21.6 Å². The molecule has 9 heteroatoms. The van der Waals surface area contributed by atoms with Crippen LogP contribution in [-0.4, -0.2) is 42.7 Å². The lowest BCUT2D eigenvalue weighted by Crippen LogP contribution is -2.17. The maximum absolute atomic E-state index is 12.5. The molecule has 1 amide bonds. The van der Waals surface area contributed by atoms with Gasteiger partial charge in [0.25, 0.3) is 15.7 Å². The summed E-state index contributed by atoms with van der Waals surface area (Å²) in [4.78, 5) is 21.1. The highest BCUT2D eigenvalue weighted by molar-refractivity contribution is 7.89. The van der Waals surface area contributed by atoms with Gasteiger partial charge in [0.05, 0.1) is 11.0 Å². The predicted molar refractivity (Wildman–Crippen MR) is 78.6 cm³/mol. The number of carbonyl (C=O) groups excluding carboxylic acids is 1. The first-order valence-electron chi connectivity index (χ1n) is 6.47. The normalized spacial score (nSPS) is 24.2. The summed E-state index contributed by atoms with van der Waals surface area (Å²) in [5.74, 6) is -0.345. The van der Waals surface area contributed by atoms with Crippen molar-refractivity contribution in [2.75, 3.05) is 7.05 Å². The topological polar surface area (TPSA) is 109 Å². The van der Waals surface area contributed by atoms with Gasteiger partial charge in [-0.15, -0.1) is 0 Å². The number of sulfonamides is 1. The standard InChI is InChI=1S/C13H15N3O5S/c1-9-10(7-8-13(17)14-2)15(9)22(20,21)12-6-4-3-5-11(12)16(18)19/h3-10H,1-2H3,(H,14,17)/b8-7+/t9-,10+,15?/m0/s1. The number of nitro benzene ring substituents is 1. The zero-order valence-corrected chi connectivity index (χ0v) is 12.8. The van der Waals surface area contributed by atoms with Crippen LogP contribution in [0, 0.1) is 10.1 Å². The number of rotatable bonds is 5. The zero-order valence-electron chi connectivity index (χ0n) is 12.0. The van der Waals surface area contributed by atoms with Gasteiger partial charge in [0.1, 0.15) is 0 Å². The molecule has 0 aromatic heterocycles. The van der Waals surface area contributed by atoms with Crippen LogP contribution >= 0.6 is 0 Å². The molecule has 22 heavy (non-hydrogen) atoms. The maximum Gasteiger partial charge on any atom is 0.289 e. The van der Waals surface area contributed by atoms with E-state index in [9.17, 15) is 23.3 Å². The number of nitrogens with zero attached hydrogens (tertiary/aromatic N) is 2. The fourth-order valence-corrected chi connectivity index (χ4v) is 4.14. The average Bonchev–Trinajstić information content (AvgIpc) is 3.15. The molecule has 3 atom stereocenters. The Morgan fingerprint density at radius 1 is 1.41 bits per heavy atom. The molecule has 0 aliphatic carbocycles. The molecule has 2 rings (SSSR count). The fraction of sp³-hybridized carbons (Fsp3) is 0.308. The quantitative estimate of drug-likeness (QED) is 0.370. The number of amides is 1. The third kappa shape index (κ3) is 2.85. The Kier molecular flexibility index (Phi) is 4.29. The second-order valence-corrected chi connectivity index (χ2v) is 6.58. The highest BCUT2D eigenvalue weighted by atomic mass is 32.2. The van der Waals surface area contributed by atoms with Crippen LogP contribution in [0.4, 0.5) is 5.69 Å². The minimum atomic E-state index is -3.99. The van der Waals surface area contributed by atoms with Gasteiger partial charge in [0.2, 0.25) is 5.91 Å². The van der Waals surface area contributed by atoms with Crippen LogP contribution in [0.3, 0.4) is 0 Å². The molecule has 1 aliphatic heterocycles. The van der Waals surface area contributed by atoms with E-state index in [1.165, 1.54) is 37.4 Å². The van der Waals surface area contributed by atoms with Crippen LogP contribution < -0.4 is 5.32 Å². The molecule has 0 spiro atoms. The highest BCUT2D eigenvalue weighted by Crippen LogP contribution is 2.38. The van der Waals surface area contributed by atoms with E-state index in [1.807, 2.05) is 0 Å². The summed E-state index contributed by atoms with van der Waals surface area (Å²) >= 11 is 0. The minimum absolute atomic E-state index is 0.345. The van der Waals surface area contributed by atoms with E-state index in [2.05, 4.69) is 5.32 Å². The van der Waals surface area contributed by atoms with Crippen molar-refractivity contribution in [3.8, 4) is 0 Å². The summed E-state index contributed by atoms with van der Waals surface area (Å²) in [6, 6.07) is 4.36. The lowest BCUT2D eigenvalue weighted by atomic mass is 10.3. The van der Waals surface area contributed by atoms with Crippen molar-refractivity contribution in [1.82, 2.24) is 9.62 Å². The van der Waals surface area contributed by atoms with Gasteiger partial charge >= 0.3 is 0 Å². The van der Waals surface area contributed by atoms with E-state index in [0.717, 1.165) is 10.4 Å². The molecular weight excluding hydrogens is 310 g/mol. The summed E-state index contributed by atoms with van der Waals surface area (Å²) in [6.07, 6.45) is 2.71. The number of nitro groups is 1. The first-order chi connectivity index (χ1) is 10.3. The molecule has 1 saturated heterocycles. The fourth-order valence-electron chi connectivity index (χ4n) is 2.18. The minimum Gasteiger partial charge on any atom is -0.356 e. The van der Waals surface area contributed by atoms with Crippen molar-refractivity contribution in [2.45, 2.75) is 23.9 Å². The first-order valence-corrected chi connectivity index (χ1v) is 7.91. The molecule has 0 saturated carbocycles. The van der Waals surface area contributed by atoms with Gasteiger partial charge in [-0.25, -0.2) is 8.42 Å². The second kappa shape index (κ2) is 5.85. The van der Waals surface area contributed by atoms with Crippen molar-refractivity contribution in [3.63, 3.8) is 0 Å². The lowest BCUT2D eigenvalue weighted by Gasteiger charge is -2.06. The number of nitrogens with one attached hydrogen (secondary N) is 1. The molecular formula is C13H15N3O5S. The average molecular weight is 325 g/mol. The summed E-state index contributed by atoms with van der Waals surface area (Å²) < 4.78 is 26.2. The number of hydrogen-bond acceptors (Lipinski definition) is 5. The number of hydrogen-bond donors (Lipinski definition) is 1. The van der Waals surface area contributed by atoms with Gasteiger partial charge in [-0.05, 0) is 13.0 Å². The second-order valence-electron chi connectivity index (χ2n) is 4.76. The Bertz CT molecular complexity index is 744. The molecule has 0 bridgehead atoms. The Morgan fingerprint density at radius 3 is 2.64 bits per heavy atom. The van der Waals surface area contributed by atoms with Crippen LogP contribution in [-0.2, 0) is 14.8 Å². The van der Waals surface area contributed by atoms with Crippen LogP contribution in [0.1, 0.15) is 6.92 Å². The van der Waals surface area contributed by atoms with Crippen LogP contribution in [0.2, 0.25) is 0 Å². The summed E-state index contributed by atoms with van der Waals surface area (Å²) in [5, 5.41) is 13.4. The number of para-hydroxylation sites is 1. The third-order valence-electron chi connectivity index (χ3n) is 3.41. The number of carbonyl (C=O) groups is 1. The summed E-state index contributed by atoms with van der Waals surface area (Å²) in [6.45, 7) is 1.67. The van der Waals surface area contributed by atoms with Gasteiger partial charge in [-0.2, -0.15) is 4.31 Å². The lowest BCUT2D eigenvalue weighted by molar-refractivity contribution is -0.387. The van der Waals surface area contributed by atoms with E-state index in [1.54, 1.807) is 6.92 Å². The molecule has 1 unspecified atom stereocenters.